The molecule has 0 aliphatic heterocycles. The Morgan fingerprint density at radius 1 is 1.47 bits per heavy atom. The molecule has 0 bridgehead atoms. The van der Waals surface area contributed by atoms with Crippen molar-refractivity contribution in [1.29, 1.82) is 5.26 Å². The summed E-state index contributed by atoms with van der Waals surface area (Å²) in [6.45, 7) is 6.23. The summed E-state index contributed by atoms with van der Waals surface area (Å²) in [5, 5.41) is 11.1. The monoisotopic (exact) mass is 241 g/mol. The fraction of sp³-hybridized carbons (Fsp3) is 0.727. The first-order valence-electron chi connectivity index (χ1n) is 5.63. The van der Waals surface area contributed by atoms with E-state index in [4.69, 9.17) is 5.26 Å². The van der Waals surface area contributed by atoms with E-state index in [9.17, 15) is 9.59 Å². The molecule has 1 N–H and O–H groups in total. The minimum absolute atomic E-state index is 0.149. The molecular formula is C11H19N3O3. The second kappa shape index (κ2) is 8.39. The molecule has 0 aliphatic rings. The Hall–Kier alpha value is -1.77. The SMILES string of the molecule is CCOC(=O)CNC(=O)N(CC)CC(C)C#N. The van der Waals surface area contributed by atoms with Crippen molar-refractivity contribution in [3.05, 3.63) is 0 Å². The van der Waals surface area contributed by atoms with E-state index in [0.29, 0.717) is 13.1 Å². The minimum Gasteiger partial charge on any atom is -0.465 e. The molecule has 0 heterocycles. The van der Waals surface area contributed by atoms with E-state index in [2.05, 4.69) is 16.1 Å². The molecule has 0 rings (SSSR count). The number of nitrogens with zero attached hydrogens (tertiary/aromatic N) is 2. The number of carbonyl (C=O) groups is 2. The third-order valence-corrected chi connectivity index (χ3v) is 2.07. The molecule has 2 amide bonds. The van der Waals surface area contributed by atoms with Gasteiger partial charge in [0.15, 0.2) is 0 Å². The Bertz CT molecular complexity index is 299. The number of nitriles is 1. The Morgan fingerprint density at radius 3 is 2.59 bits per heavy atom. The van der Waals surface area contributed by atoms with Gasteiger partial charge in [0.25, 0.3) is 0 Å². The van der Waals surface area contributed by atoms with Crippen LogP contribution in [-0.4, -0.2) is 43.1 Å². The summed E-state index contributed by atoms with van der Waals surface area (Å²) in [7, 11) is 0. The highest BCUT2D eigenvalue weighted by Gasteiger charge is 2.15. The summed E-state index contributed by atoms with van der Waals surface area (Å²) in [6, 6.07) is 1.70. The predicted molar refractivity (Wildman–Crippen MR) is 62.1 cm³/mol. The smallest absolute Gasteiger partial charge is 0.325 e. The number of rotatable bonds is 6. The molecule has 0 spiro atoms. The van der Waals surface area contributed by atoms with Crippen LogP contribution >= 0.6 is 0 Å². The summed E-state index contributed by atoms with van der Waals surface area (Å²) in [5.41, 5.74) is 0. The van der Waals surface area contributed by atoms with Gasteiger partial charge in [0.05, 0.1) is 18.6 Å². The van der Waals surface area contributed by atoms with Crippen LogP contribution in [0.2, 0.25) is 0 Å². The summed E-state index contributed by atoms with van der Waals surface area (Å²) >= 11 is 0. The van der Waals surface area contributed by atoms with Crippen molar-refractivity contribution in [2.45, 2.75) is 20.8 Å². The number of esters is 1. The lowest BCUT2D eigenvalue weighted by Crippen LogP contribution is -2.43. The molecule has 96 valence electrons. The Labute approximate surface area is 102 Å². The Kier molecular flexibility index (Phi) is 7.52. The topological polar surface area (TPSA) is 82.4 Å². The number of amides is 2. The van der Waals surface area contributed by atoms with E-state index < -0.39 is 5.97 Å². The molecule has 17 heavy (non-hydrogen) atoms. The zero-order chi connectivity index (χ0) is 13.3. The standard InChI is InChI=1S/C11H19N3O3/c1-4-14(8-9(3)6-12)11(16)13-7-10(15)17-5-2/h9H,4-5,7-8H2,1-3H3,(H,13,16). The van der Waals surface area contributed by atoms with E-state index in [1.807, 2.05) is 6.92 Å². The minimum atomic E-state index is -0.467. The molecule has 6 nitrogen and oxygen atoms in total. The van der Waals surface area contributed by atoms with Crippen LogP contribution < -0.4 is 5.32 Å². The largest absolute Gasteiger partial charge is 0.465 e. The number of ether oxygens (including phenoxy) is 1. The maximum atomic E-state index is 11.6. The first-order chi connectivity index (χ1) is 8.04. The van der Waals surface area contributed by atoms with Crippen LogP contribution in [0.15, 0.2) is 0 Å². The van der Waals surface area contributed by atoms with Gasteiger partial charge in [0.1, 0.15) is 6.54 Å². The van der Waals surface area contributed by atoms with Gasteiger partial charge in [-0.2, -0.15) is 5.26 Å². The van der Waals surface area contributed by atoms with Crippen LogP contribution in [0.25, 0.3) is 0 Å². The average Bonchev–Trinajstić information content (AvgIpc) is 2.32. The fourth-order valence-corrected chi connectivity index (χ4v) is 1.20. The van der Waals surface area contributed by atoms with Gasteiger partial charge < -0.3 is 15.0 Å². The van der Waals surface area contributed by atoms with Gasteiger partial charge >= 0.3 is 12.0 Å². The van der Waals surface area contributed by atoms with Gasteiger partial charge in [-0.1, -0.05) is 0 Å². The van der Waals surface area contributed by atoms with Gasteiger partial charge in [-0.3, -0.25) is 4.79 Å². The molecule has 0 aliphatic carbocycles. The van der Waals surface area contributed by atoms with Crippen LogP contribution in [-0.2, 0) is 9.53 Å². The van der Waals surface area contributed by atoms with Gasteiger partial charge in [-0.25, -0.2) is 4.79 Å². The van der Waals surface area contributed by atoms with Crippen LogP contribution in [0.3, 0.4) is 0 Å². The highest BCUT2D eigenvalue weighted by atomic mass is 16.5. The lowest BCUT2D eigenvalue weighted by molar-refractivity contribution is -0.141. The van der Waals surface area contributed by atoms with Gasteiger partial charge in [-0.05, 0) is 20.8 Å². The zero-order valence-electron chi connectivity index (χ0n) is 10.5. The van der Waals surface area contributed by atoms with Crippen LogP contribution in [0.1, 0.15) is 20.8 Å². The number of hydrogen-bond donors (Lipinski definition) is 1. The van der Waals surface area contributed by atoms with Crippen molar-refractivity contribution in [1.82, 2.24) is 10.2 Å². The Balaban J connectivity index is 4.09. The summed E-state index contributed by atoms with van der Waals surface area (Å²) in [5.74, 6) is -0.700. The normalized spacial score (nSPS) is 11.2. The van der Waals surface area contributed by atoms with Gasteiger partial charge in [-0.15, -0.1) is 0 Å². The summed E-state index contributed by atoms with van der Waals surface area (Å²) < 4.78 is 4.68. The van der Waals surface area contributed by atoms with Crippen molar-refractivity contribution >= 4 is 12.0 Å². The van der Waals surface area contributed by atoms with E-state index in [1.165, 1.54) is 4.90 Å². The van der Waals surface area contributed by atoms with Crippen molar-refractivity contribution < 1.29 is 14.3 Å². The maximum Gasteiger partial charge on any atom is 0.325 e. The third-order valence-electron chi connectivity index (χ3n) is 2.07. The van der Waals surface area contributed by atoms with Crippen molar-refractivity contribution in [3.8, 4) is 6.07 Å². The van der Waals surface area contributed by atoms with Gasteiger partial charge in [0.2, 0.25) is 0 Å². The number of hydrogen-bond acceptors (Lipinski definition) is 4. The van der Waals surface area contributed by atoms with Gasteiger partial charge in [0, 0.05) is 13.1 Å². The molecule has 1 atom stereocenters. The van der Waals surface area contributed by atoms with Crippen molar-refractivity contribution in [2.75, 3.05) is 26.2 Å². The number of nitrogens with one attached hydrogen (secondary N) is 1. The van der Waals surface area contributed by atoms with Crippen molar-refractivity contribution in [3.63, 3.8) is 0 Å². The van der Waals surface area contributed by atoms with Crippen LogP contribution in [0, 0.1) is 17.2 Å². The van der Waals surface area contributed by atoms with Crippen LogP contribution in [0.5, 0.6) is 0 Å². The molecule has 0 radical (unpaired) electrons. The van der Waals surface area contributed by atoms with E-state index in [1.54, 1.807) is 13.8 Å². The Morgan fingerprint density at radius 2 is 2.12 bits per heavy atom. The lowest BCUT2D eigenvalue weighted by atomic mass is 10.2. The van der Waals surface area contributed by atoms with Crippen molar-refractivity contribution in [2.24, 2.45) is 5.92 Å². The third kappa shape index (κ3) is 6.40. The first kappa shape index (κ1) is 15.2. The maximum absolute atomic E-state index is 11.6. The quantitative estimate of drug-likeness (QED) is 0.695. The fourth-order valence-electron chi connectivity index (χ4n) is 1.20. The molecule has 0 aromatic carbocycles. The number of urea groups is 1. The molecule has 0 aromatic rings. The van der Waals surface area contributed by atoms with E-state index in [0.717, 1.165) is 0 Å². The summed E-state index contributed by atoms with van der Waals surface area (Å²) in [4.78, 5) is 24.1. The number of carbonyl (C=O) groups excluding carboxylic acids is 2. The zero-order valence-corrected chi connectivity index (χ0v) is 10.5. The lowest BCUT2D eigenvalue weighted by Gasteiger charge is -2.22. The summed E-state index contributed by atoms with van der Waals surface area (Å²) in [6.07, 6.45) is 0. The van der Waals surface area contributed by atoms with E-state index >= 15 is 0 Å². The second-order valence-electron chi connectivity index (χ2n) is 3.53. The molecule has 0 saturated heterocycles. The van der Waals surface area contributed by atoms with Crippen LogP contribution in [0.4, 0.5) is 4.79 Å². The molecule has 0 saturated carbocycles. The average molecular weight is 241 g/mol. The molecular weight excluding hydrogens is 222 g/mol. The highest BCUT2D eigenvalue weighted by molar-refractivity contribution is 5.80. The highest BCUT2D eigenvalue weighted by Crippen LogP contribution is 1.98. The molecule has 0 fully saturated rings. The molecule has 0 aromatic heterocycles. The predicted octanol–water partition coefficient (Wildman–Crippen LogP) is 0.741. The first-order valence-corrected chi connectivity index (χ1v) is 5.63. The molecule has 6 heteroatoms. The second-order valence-corrected chi connectivity index (χ2v) is 3.53. The molecule has 1 unspecified atom stereocenters. The van der Waals surface area contributed by atoms with E-state index in [-0.39, 0.29) is 25.1 Å².